The molecule has 3 unspecified atom stereocenters. The van der Waals surface area contributed by atoms with Crippen LogP contribution in [0, 0.1) is 68.9 Å². The lowest BCUT2D eigenvalue weighted by atomic mass is 9.84. The summed E-state index contributed by atoms with van der Waals surface area (Å²) in [5.74, 6) is -17.5. The number of hydrogen-bond acceptors (Lipinski definition) is 12. The number of ether oxygens (including phenoxy) is 2. The van der Waals surface area contributed by atoms with Crippen molar-refractivity contribution in [3.8, 4) is 18.2 Å². The van der Waals surface area contributed by atoms with Crippen LogP contribution in [0.2, 0.25) is 0 Å². The van der Waals surface area contributed by atoms with Crippen molar-refractivity contribution < 1.29 is 72.0 Å². The van der Waals surface area contributed by atoms with Crippen LogP contribution in [-0.4, -0.2) is 53.5 Å². The van der Waals surface area contributed by atoms with Gasteiger partial charge in [0.05, 0.1) is 38.0 Å². The fourth-order valence-electron chi connectivity index (χ4n) is 7.29. The summed E-state index contributed by atoms with van der Waals surface area (Å²) in [6.07, 6.45) is 10.7. The SMILES string of the molecule is C.C=CC#N.F.Fc1ccc(C2(C(F)(F)c3ccc(Br)cn3)CO2)c(F)c1.N#C/C=C/c1ccc(C(F)(F)C(O)(Cn2cnnn2)c2ccc(F)cc2F)nc1.N#C/C=C/c1ccc(C(F)(F)C2(c3ccc(F)cc3F)CO2)nc1. The lowest BCUT2D eigenvalue weighted by Crippen LogP contribution is -2.48. The van der Waals surface area contributed by atoms with E-state index >= 15 is 8.78 Å². The number of rotatable bonds is 13. The van der Waals surface area contributed by atoms with E-state index in [2.05, 4.69) is 53.0 Å². The number of nitrogens with zero attached hydrogens (tertiary/aromatic N) is 10. The molecule has 80 heavy (non-hydrogen) atoms. The molecule has 0 spiro atoms. The smallest absolute Gasteiger partial charge is 0.324 e. The summed E-state index contributed by atoms with van der Waals surface area (Å²) < 4.78 is 182. The van der Waals surface area contributed by atoms with Gasteiger partial charge in [0, 0.05) is 76.2 Å². The zero-order chi connectivity index (χ0) is 57.1. The Bertz CT molecular complexity index is 3440. The van der Waals surface area contributed by atoms with E-state index in [1.165, 1.54) is 54.9 Å². The van der Waals surface area contributed by atoms with E-state index < -0.39 is 111 Å². The highest BCUT2D eigenvalue weighted by atomic mass is 79.9. The van der Waals surface area contributed by atoms with Crippen LogP contribution in [0.1, 0.15) is 52.3 Å². The molecule has 0 amide bonds. The third-order valence-electron chi connectivity index (χ3n) is 11.3. The summed E-state index contributed by atoms with van der Waals surface area (Å²) in [6, 6.07) is 19.1. The van der Waals surface area contributed by atoms with Crippen LogP contribution in [-0.2, 0) is 50.6 Å². The van der Waals surface area contributed by atoms with Gasteiger partial charge in [-0.25, -0.2) is 31.0 Å². The summed E-state index contributed by atoms with van der Waals surface area (Å²) in [4.78, 5) is 11.0. The molecule has 0 saturated carbocycles. The second kappa shape index (κ2) is 26.3. The average Bonchev–Trinajstić information content (AvgIpc) is 4.46. The van der Waals surface area contributed by atoms with E-state index in [0.29, 0.717) is 33.8 Å². The van der Waals surface area contributed by atoms with Crippen molar-refractivity contribution in [2.75, 3.05) is 13.2 Å². The molecule has 2 saturated heterocycles. The summed E-state index contributed by atoms with van der Waals surface area (Å²) in [5.41, 5.74) is -10.3. The highest BCUT2D eigenvalue weighted by Crippen LogP contribution is 2.57. The molecule has 9 rings (SSSR count). The fourth-order valence-corrected chi connectivity index (χ4v) is 7.52. The quantitative estimate of drug-likeness (QED) is 0.0652. The van der Waals surface area contributed by atoms with E-state index in [1.807, 2.05) is 0 Å². The normalized spacial score (nSPS) is 16.9. The third kappa shape index (κ3) is 13.6. The Hall–Kier alpha value is -8.68. The first-order valence-electron chi connectivity index (χ1n) is 21.9. The molecule has 27 heteroatoms. The molecule has 416 valence electrons. The number of tetrazole rings is 1. The van der Waals surface area contributed by atoms with E-state index in [9.17, 15) is 49.0 Å². The molecular formula is C53H38BrF13N10O3. The van der Waals surface area contributed by atoms with Gasteiger partial charge in [0.15, 0.2) is 16.8 Å². The predicted octanol–water partition coefficient (Wildman–Crippen LogP) is 12.1. The maximum atomic E-state index is 15.4. The molecule has 3 atom stereocenters. The molecule has 2 fully saturated rings. The second-order valence-electron chi connectivity index (χ2n) is 16.3. The molecule has 2 aliphatic heterocycles. The molecule has 3 aromatic carbocycles. The molecule has 0 radical (unpaired) electrons. The molecule has 2 aliphatic rings. The summed E-state index contributed by atoms with van der Waals surface area (Å²) in [6.45, 7) is 1.42. The minimum atomic E-state index is -4.13. The monoisotopic (exact) mass is 1190 g/mol. The summed E-state index contributed by atoms with van der Waals surface area (Å²) in [7, 11) is 0. The number of halogens is 14. The number of epoxide rings is 2. The maximum Gasteiger partial charge on any atom is 0.324 e. The van der Waals surface area contributed by atoms with Gasteiger partial charge in [-0.05, 0) is 110 Å². The Morgan fingerprint density at radius 3 is 1.41 bits per heavy atom. The summed E-state index contributed by atoms with van der Waals surface area (Å²) in [5, 5.41) is 45.5. The van der Waals surface area contributed by atoms with Crippen LogP contribution in [0.5, 0.6) is 0 Å². The predicted molar refractivity (Wildman–Crippen MR) is 262 cm³/mol. The van der Waals surface area contributed by atoms with Crippen molar-refractivity contribution in [1.82, 2.24) is 35.2 Å². The van der Waals surface area contributed by atoms with Gasteiger partial charge < -0.3 is 14.6 Å². The van der Waals surface area contributed by atoms with Gasteiger partial charge in [0.2, 0.25) is 0 Å². The first-order chi connectivity index (χ1) is 37.0. The number of aromatic nitrogens is 7. The molecule has 0 bridgehead atoms. The highest BCUT2D eigenvalue weighted by molar-refractivity contribution is 9.10. The first kappa shape index (κ1) is 63.8. The molecule has 0 aliphatic carbocycles. The topological polar surface area (TPSA) is 199 Å². The van der Waals surface area contributed by atoms with Gasteiger partial charge in [0.1, 0.15) is 58.3 Å². The van der Waals surface area contributed by atoms with E-state index in [0.717, 1.165) is 77.9 Å². The molecule has 13 nitrogen and oxygen atoms in total. The first-order valence-corrected chi connectivity index (χ1v) is 22.6. The minimum Gasteiger partial charge on any atom is -0.377 e. The Labute approximate surface area is 454 Å². The number of allylic oxidation sites excluding steroid dienone is 3. The van der Waals surface area contributed by atoms with Crippen LogP contribution in [0.4, 0.5) is 57.4 Å². The van der Waals surface area contributed by atoms with Crippen LogP contribution in [0.15, 0.2) is 145 Å². The Kier molecular flexibility index (Phi) is 21.0. The van der Waals surface area contributed by atoms with Gasteiger partial charge in [-0.15, -0.1) is 5.10 Å². The Morgan fingerprint density at radius 1 is 0.637 bits per heavy atom. The number of nitriles is 3. The molecule has 7 aromatic rings. The largest absolute Gasteiger partial charge is 0.377 e. The van der Waals surface area contributed by atoms with Crippen LogP contribution in [0.25, 0.3) is 12.2 Å². The third-order valence-corrected chi connectivity index (χ3v) is 11.8. The summed E-state index contributed by atoms with van der Waals surface area (Å²) >= 11 is 3.10. The standard InChI is InChI=1S/C18H12F4N6O.C17H10F4N2O.C14H8BrF4NO.C3H3N.CH4.FH/c19-13-4-5-14(15(20)8-13)17(29,10-28-11-25-26-27-28)18(21,22)16-6-3-12(9-24-16)2-1-7-23;18-12-4-5-13(14(19)8-12)16(10-24-16)17(20,21)15-6-3-11(9-23-15)2-1-7-22;15-8-1-4-12(20-6-8)14(18,19)13(7-21-13)10-3-2-9(16)5-11(10)17;1-2-3-4;;/h1-6,8-9,11,29H,10H2;1-6,8-9H,10H2;1-6H,7H2;2H,1H2;1H4;1H/b2*2-1+;;;;. The number of pyridine rings is 3. The molecule has 6 heterocycles. The second-order valence-corrected chi connectivity index (χ2v) is 17.2. The van der Waals surface area contributed by atoms with Crippen molar-refractivity contribution in [2.24, 2.45) is 0 Å². The zero-order valence-electron chi connectivity index (χ0n) is 39.7. The minimum absolute atomic E-state index is 0. The average molecular weight is 1190 g/mol. The van der Waals surface area contributed by atoms with E-state index in [1.54, 1.807) is 18.2 Å². The van der Waals surface area contributed by atoms with Crippen molar-refractivity contribution in [3.63, 3.8) is 0 Å². The van der Waals surface area contributed by atoms with Gasteiger partial charge >= 0.3 is 17.8 Å². The number of benzene rings is 3. The van der Waals surface area contributed by atoms with E-state index in [-0.39, 0.29) is 24.3 Å². The number of alkyl halides is 6. The lowest BCUT2D eigenvalue weighted by molar-refractivity contribution is -0.207. The molecular weight excluding hydrogens is 1150 g/mol. The highest BCUT2D eigenvalue weighted by Gasteiger charge is 2.69. The van der Waals surface area contributed by atoms with Crippen LogP contribution < -0.4 is 0 Å². The van der Waals surface area contributed by atoms with Gasteiger partial charge in [-0.3, -0.25) is 19.7 Å². The molecule has 4 aromatic heterocycles. The van der Waals surface area contributed by atoms with Gasteiger partial charge in [0.25, 0.3) is 0 Å². The van der Waals surface area contributed by atoms with Crippen LogP contribution in [0.3, 0.4) is 0 Å². The van der Waals surface area contributed by atoms with Crippen LogP contribution >= 0.6 is 15.9 Å². The van der Waals surface area contributed by atoms with Gasteiger partial charge in [-0.2, -0.15) is 42.1 Å². The Balaban J connectivity index is 0.000000249. The molecule has 1 N–H and O–H groups in total. The van der Waals surface area contributed by atoms with Crippen molar-refractivity contribution in [2.45, 2.75) is 48.5 Å². The van der Waals surface area contributed by atoms with E-state index in [4.69, 9.17) is 25.3 Å². The Morgan fingerprint density at radius 2 is 1.06 bits per heavy atom. The zero-order valence-corrected chi connectivity index (χ0v) is 41.3. The number of hydrogen-bond donors (Lipinski definition) is 1. The number of aliphatic hydroxyl groups is 1. The van der Waals surface area contributed by atoms with Gasteiger partial charge in [-0.1, -0.05) is 26.1 Å². The van der Waals surface area contributed by atoms with Crippen molar-refractivity contribution >= 4 is 28.1 Å². The van der Waals surface area contributed by atoms with Crippen molar-refractivity contribution in [1.29, 1.82) is 15.8 Å². The lowest BCUT2D eigenvalue weighted by Gasteiger charge is -2.35. The van der Waals surface area contributed by atoms with Crippen molar-refractivity contribution in [3.05, 3.63) is 225 Å². The fraction of sp³-hybridized carbons (Fsp3) is 0.189. The maximum absolute atomic E-state index is 15.4.